The van der Waals surface area contributed by atoms with Crippen molar-refractivity contribution in [2.75, 3.05) is 6.61 Å². The smallest absolute Gasteiger partial charge is 0.341 e. The van der Waals surface area contributed by atoms with Crippen LogP contribution >= 0.6 is 0 Å². The summed E-state index contributed by atoms with van der Waals surface area (Å²) < 4.78 is 69.4. The molecule has 0 spiro atoms. The number of carbonyl (C=O) groups is 1. The highest BCUT2D eigenvalue weighted by Crippen LogP contribution is 2.38. The average molecular weight is 513 g/mol. The standard InChI is InChI=1S/C30H28F4O3/c1-3-4-17-36-25-16-15-23(27(32)29(25)34)20-9-11-21(12-10-20)37-30(35)24-14-13-22(26(31)28(24)33)19-7-5-18(2)6-8-19/h3,5-8,13-16,20-21H,1,4,9-12,17H2,2H3. The Hall–Kier alpha value is -3.61. The van der Waals surface area contributed by atoms with E-state index in [4.69, 9.17) is 9.47 Å². The highest BCUT2D eigenvalue weighted by molar-refractivity contribution is 5.90. The van der Waals surface area contributed by atoms with Gasteiger partial charge in [0.25, 0.3) is 0 Å². The van der Waals surface area contributed by atoms with E-state index in [0.29, 0.717) is 37.7 Å². The first-order chi connectivity index (χ1) is 17.8. The molecule has 0 atom stereocenters. The largest absolute Gasteiger partial charge is 0.490 e. The number of rotatable bonds is 8. The monoisotopic (exact) mass is 512 g/mol. The maximum absolute atomic E-state index is 14.8. The molecule has 3 nitrogen and oxygen atoms in total. The minimum absolute atomic E-state index is 0.0564. The van der Waals surface area contributed by atoms with Crippen molar-refractivity contribution in [2.24, 2.45) is 0 Å². The minimum Gasteiger partial charge on any atom is -0.490 e. The van der Waals surface area contributed by atoms with Crippen LogP contribution in [-0.2, 0) is 4.74 Å². The molecule has 0 bridgehead atoms. The predicted molar refractivity (Wildman–Crippen MR) is 134 cm³/mol. The highest BCUT2D eigenvalue weighted by atomic mass is 19.2. The Balaban J connectivity index is 1.38. The van der Waals surface area contributed by atoms with Gasteiger partial charge in [0.15, 0.2) is 23.2 Å². The van der Waals surface area contributed by atoms with Crippen molar-refractivity contribution in [1.29, 1.82) is 0 Å². The zero-order chi connectivity index (χ0) is 26.5. The van der Waals surface area contributed by atoms with Gasteiger partial charge in [-0.2, -0.15) is 4.39 Å². The van der Waals surface area contributed by atoms with Crippen molar-refractivity contribution in [1.82, 2.24) is 0 Å². The van der Waals surface area contributed by atoms with Gasteiger partial charge < -0.3 is 9.47 Å². The topological polar surface area (TPSA) is 35.5 Å². The molecule has 0 saturated heterocycles. The Kier molecular flexibility index (Phi) is 8.31. The zero-order valence-corrected chi connectivity index (χ0v) is 20.5. The summed E-state index contributed by atoms with van der Waals surface area (Å²) in [6, 6.07) is 12.5. The SMILES string of the molecule is C=CCCOc1ccc(C2CCC(OC(=O)c3ccc(-c4ccc(C)cc4)c(F)c3F)CC2)c(F)c1F. The maximum Gasteiger partial charge on any atom is 0.341 e. The second-order valence-electron chi connectivity index (χ2n) is 9.24. The van der Waals surface area contributed by atoms with Gasteiger partial charge in [0, 0.05) is 5.56 Å². The molecule has 1 aliphatic rings. The Morgan fingerprint density at radius 2 is 1.59 bits per heavy atom. The summed E-state index contributed by atoms with van der Waals surface area (Å²) in [6.45, 7) is 5.65. The van der Waals surface area contributed by atoms with Crippen LogP contribution in [0.3, 0.4) is 0 Å². The molecular weight excluding hydrogens is 484 g/mol. The van der Waals surface area contributed by atoms with Crippen LogP contribution in [-0.4, -0.2) is 18.7 Å². The van der Waals surface area contributed by atoms with Crippen LogP contribution in [0.4, 0.5) is 17.6 Å². The summed E-state index contributed by atoms with van der Waals surface area (Å²) in [5.74, 6) is -5.69. The number of ether oxygens (including phenoxy) is 2. The highest BCUT2D eigenvalue weighted by Gasteiger charge is 2.30. The van der Waals surface area contributed by atoms with Crippen molar-refractivity contribution in [3.8, 4) is 16.9 Å². The second-order valence-corrected chi connectivity index (χ2v) is 9.24. The normalized spacial score (nSPS) is 17.3. The lowest BCUT2D eigenvalue weighted by Crippen LogP contribution is -2.25. The van der Waals surface area contributed by atoms with E-state index >= 15 is 0 Å². The summed E-state index contributed by atoms with van der Waals surface area (Å²) in [6.07, 6.45) is 3.29. The molecule has 3 aromatic carbocycles. The van der Waals surface area contributed by atoms with Gasteiger partial charge in [-0.05, 0) is 68.2 Å². The van der Waals surface area contributed by atoms with Gasteiger partial charge in [-0.15, -0.1) is 6.58 Å². The van der Waals surface area contributed by atoms with E-state index in [1.54, 1.807) is 30.3 Å². The summed E-state index contributed by atoms with van der Waals surface area (Å²) in [5, 5.41) is 0. The number of aryl methyl sites for hydroxylation is 1. The Bertz CT molecular complexity index is 1280. The maximum atomic E-state index is 14.8. The summed E-state index contributed by atoms with van der Waals surface area (Å²) >= 11 is 0. The van der Waals surface area contributed by atoms with Gasteiger partial charge in [0.05, 0.1) is 12.2 Å². The number of hydrogen-bond acceptors (Lipinski definition) is 3. The Morgan fingerprint density at radius 1 is 0.892 bits per heavy atom. The third-order valence-corrected chi connectivity index (χ3v) is 6.71. The van der Waals surface area contributed by atoms with Crippen LogP contribution in [0.1, 0.15) is 59.5 Å². The Labute approximate surface area is 213 Å². The minimum atomic E-state index is -1.26. The molecule has 0 heterocycles. The van der Waals surface area contributed by atoms with Crippen LogP contribution in [0.25, 0.3) is 11.1 Å². The molecule has 194 valence electrons. The summed E-state index contributed by atoms with van der Waals surface area (Å²) in [5.41, 5.74) is 1.31. The molecule has 37 heavy (non-hydrogen) atoms. The average Bonchev–Trinajstić information content (AvgIpc) is 2.89. The first-order valence-corrected chi connectivity index (χ1v) is 12.3. The van der Waals surface area contributed by atoms with Crippen molar-refractivity contribution in [3.05, 3.63) is 101 Å². The predicted octanol–water partition coefficient (Wildman–Crippen LogP) is 8.06. The number of carbonyl (C=O) groups excluding carboxylic acids is 1. The van der Waals surface area contributed by atoms with Crippen molar-refractivity contribution < 1.29 is 31.8 Å². The van der Waals surface area contributed by atoms with Gasteiger partial charge in [-0.1, -0.05) is 48.0 Å². The lowest BCUT2D eigenvalue weighted by Gasteiger charge is -2.29. The quantitative estimate of drug-likeness (QED) is 0.133. The van der Waals surface area contributed by atoms with Crippen LogP contribution < -0.4 is 4.74 Å². The van der Waals surface area contributed by atoms with Crippen molar-refractivity contribution in [2.45, 2.75) is 51.0 Å². The summed E-state index contributed by atoms with van der Waals surface area (Å²) in [4.78, 5) is 12.6. The molecule has 0 N–H and O–H groups in total. The lowest BCUT2D eigenvalue weighted by molar-refractivity contribution is 0.0188. The van der Waals surface area contributed by atoms with Crippen molar-refractivity contribution in [3.63, 3.8) is 0 Å². The molecule has 0 amide bonds. The summed E-state index contributed by atoms with van der Waals surface area (Å²) in [7, 11) is 0. The first-order valence-electron chi connectivity index (χ1n) is 12.3. The van der Waals surface area contributed by atoms with E-state index in [0.717, 1.165) is 5.56 Å². The molecule has 4 rings (SSSR count). The fraction of sp³-hybridized carbons (Fsp3) is 0.300. The van der Waals surface area contributed by atoms with Gasteiger partial charge >= 0.3 is 5.97 Å². The van der Waals surface area contributed by atoms with Gasteiger partial charge in [0.1, 0.15) is 6.10 Å². The zero-order valence-electron chi connectivity index (χ0n) is 20.5. The van der Waals surface area contributed by atoms with Crippen LogP contribution in [0, 0.1) is 30.2 Å². The van der Waals surface area contributed by atoms with Gasteiger partial charge in [0.2, 0.25) is 5.82 Å². The van der Waals surface area contributed by atoms with E-state index in [2.05, 4.69) is 6.58 Å². The number of esters is 1. The number of hydrogen-bond donors (Lipinski definition) is 0. The molecule has 0 aliphatic heterocycles. The van der Waals surface area contributed by atoms with Crippen LogP contribution in [0.2, 0.25) is 0 Å². The molecule has 0 unspecified atom stereocenters. The van der Waals surface area contributed by atoms with E-state index in [1.165, 1.54) is 24.3 Å². The van der Waals surface area contributed by atoms with Gasteiger partial charge in [-0.25, -0.2) is 18.0 Å². The Morgan fingerprint density at radius 3 is 2.27 bits per heavy atom. The van der Waals surface area contributed by atoms with Gasteiger partial charge in [-0.3, -0.25) is 0 Å². The molecule has 7 heteroatoms. The molecule has 0 aromatic heterocycles. The molecule has 1 fully saturated rings. The van der Waals surface area contributed by atoms with Crippen LogP contribution in [0.15, 0.2) is 61.2 Å². The third kappa shape index (κ3) is 5.87. The van der Waals surface area contributed by atoms with E-state index in [9.17, 15) is 22.4 Å². The second kappa shape index (κ2) is 11.6. The van der Waals surface area contributed by atoms with E-state index < -0.39 is 40.9 Å². The molecular formula is C30H28F4O3. The molecule has 1 aliphatic carbocycles. The van der Waals surface area contributed by atoms with E-state index in [-0.39, 0.29) is 29.4 Å². The fourth-order valence-electron chi connectivity index (χ4n) is 4.60. The van der Waals surface area contributed by atoms with Crippen molar-refractivity contribution >= 4 is 5.97 Å². The molecule has 0 radical (unpaired) electrons. The fourth-order valence-corrected chi connectivity index (χ4v) is 4.60. The lowest BCUT2D eigenvalue weighted by atomic mass is 9.82. The number of benzene rings is 3. The third-order valence-electron chi connectivity index (χ3n) is 6.71. The number of halogens is 4. The van der Waals surface area contributed by atoms with E-state index in [1.807, 2.05) is 6.92 Å². The molecule has 3 aromatic rings. The van der Waals surface area contributed by atoms with Crippen LogP contribution in [0.5, 0.6) is 5.75 Å². The molecule has 1 saturated carbocycles. The first kappa shape index (κ1) is 26.5.